The second-order valence-corrected chi connectivity index (χ2v) is 3.04. The number of aromatic amines is 1. The van der Waals surface area contributed by atoms with Gasteiger partial charge in [-0.15, -0.1) is 0 Å². The fraction of sp³-hybridized carbons (Fsp3) is 0.625. The van der Waals surface area contributed by atoms with Gasteiger partial charge in [0.25, 0.3) is 5.56 Å². The van der Waals surface area contributed by atoms with Gasteiger partial charge in [-0.1, -0.05) is 0 Å². The highest BCUT2D eigenvalue weighted by molar-refractivity contribution is 5.20. The lowest BCUT2D eigenvalue weighted by Gasteiger charge is -2.13. The standard InChI is InChI=1S/C8H13N3O/c1-2-11-7-5-9-4-3-6(7)8(12)10-11/h9H,2-5H2,1H3,(H,10,12). The summed E-state index contributed by atoms with van der Waals surface area (Å²) in [4.78, 5) is 11.3. The average Bonchev–Trinajstić information content (AvgIpc) is 2.44. The first-order chi connectivity index (χ1) is 5.83. The van der Waals surface area contributed by atoms with Gasteiger partial charge < -0.3 is 5.32 Å². The Bertz CT molecular complexity index is 337. The molecule has 0 saturated heterocycles. The summed E-state index contributed by atoms with van der Waals surface area (Å²) in [7, 11) is 0. The van der Waals surface area contributed by atoms with Crippen LogP contribution in [0.4, 0.5) is 0 Å². The molecule has 0 fully saturated rings. The van der Waals surface area contributed by atoms with E-state index >= 15 is 0 Å². The first-order valence-electron chi connectivity index (χ1n) is 4.34. The molecular formula is C8H13N3O. The van der Waals surface area contributed by atoms with Gasteiger partial charge in [-0.05, 0) is 19.9 Å². The van der Waals surface area contributed by atoms with Crippen LogP contribution in [0.25, 0.3) is 0 Å². The molecule has 1 aliphatic rings. The van der Waals surface area contributed by atoms with Crippen molar-refractivity contribution in [3.8, 4) is 0 Å². The van der Waals surface area contributed by atoms with Crippen LogP contribution >= 0.6 is 0 Å². The molecule has 2 N–H and O–H groups in total. The summed E-state index contributed by atoms with van der Waals surface area (Å²) in [5.41, 5.74) is 2.19. The molecule has 4 nitrogen and oxygen atoms in total. The van der Waals surface area contributed by atoms with Crippen LogP contribution in [0.2, 0.25) is 0 Å². The van der Waals surface area contributed by atoms with E-state index in [0.717, 1.165) is 37.3 Å². The summed E-state index contributed by atoms with van der Waals surface area (Å²) in [5.74, 6) is 0. The van der Waals surface area contributed by atoms with Crippen molar-refractivity contribution in [2.45, 2.75) is 26.4 Å². The molecule has 1 aromatic rings. The van der Waals surface area contributed by atoms with Crippen molar-refractivity contribution < 1.29 is 0 Å². The van der Waals surface area contributed by atoms with Crippen LogP contribution in [0.5, 0.6) is 0 Å². The van der Waals surface area contributed by atoms with Gasteiger partial charge in [0, 0.05) is 18.7 Å². The number of hydrogen-bond donors (Lipinski definition) is 2. The molecule has 0 atom stereocenters. The lowest BCUT2D eigenvalue weighted by atomic mass is 10.1. The number of aryl methyl sites for hydroxylation is 1. The van der Waals surface area contributed by atoms with Crippen LogP contribution in [0.15, 0.2) is 4.79 Å². The number of rotatable bonds is 1. The van der Waals surface area contributed by atoms with Crippen LogP contribution in [-0.2, 0) is 19.5 Å². The van der Waals surface area contributed by atoms with Crippen LogP contribution in [0.1, 0.15) is 18.2 Å². The quantitative estimate of drug-likeness (QED) is 0.610. The summed E-state index contributed by atoms with van der Waals surface area (Å²) < 4.78 is 1.92. The minimum Gasteiger partial charge on any atom is -0.311 e. The third kappa shape index (κ3) is 0.992. The van der Waals surface area contributed by atoms with Crippen molar-refractivity contribution in [1.29, 1.82) is 0 Å². The Morgan fingerprint density at radius 1 is 1.58 bits per heavy atom. The highest BCUT2D eigenvalue weighted by Gasteiger charge is 2.16. The Hall–Kier alpha value is -1.03. The molecule has 2 heterocycles. The molecule has 12 heavy (non-hydrogen) atoms. The molecule has 0 aromatic carbocycles. The summed E-state index contributed by atoms with van der Waals surface area (Å²) in [6, 6.07) is 0. The monoisotopic (exact) mass is 167 g/mol. The largest absolute Gasteiger partial charge is 0.311 e. The van der Waals surface area contributed by atoms with Crippen LogP contribution in [0, 0.1) is 0 Å². The molecule has 0 bridgehead atoms. The maximum Gasteiger partial charge on any atom is 0.267 e. The Balaban J connectivity index is 2.54. The lowest BCUT2D eigenvalue weighted by Crippen LogP contribution is -2.26. The molecule has 0 amide bonds. The Morgan fingerprint density at radius 2 is 2.42 bits per heavy atom. The third-order valence-electron chi connectivity index (χ3n) is 2.35. The maximum absolute atomic E-state index is 11.3. The van der Waals surface area contributed by atoms with Gasteiger partial charge in [0.05, 0.1) is 5.69 Å². The van der Waals surface area contributed by atoms with Crippen molar-refractivity contribution in [1.82, 2.24) is 15.1 Å². The molecule has 0 saturated carbocycles. The summed E-state index contributed by atoms with van der Waals surface area (Å²) in [6.07, 6.45) is 0.859. The molecule has 4 heteroatoms. The van der Waals surface area contributed by atoms with E-state index in [-0.39, 0.29) is 5.56 Å². The predicted molar refractivity (Wildman–Crippen MR) is 46.1 cm³/mol. The number of nitrogens with zero attached hydrogens (tertiary/aromatic N) is 1. The zero-order chi connectivity index (χ0) is 8.55. The highest BCUT2D eigenvalue weighted by atomic mass is 16.1. The molecule has 0 aliphatic carbocycles. The average molecular weight is 167 g/mol. The summed E-state index contributed by atoms with van der Waals surface area (Å²) in [5, 5.41) is 6.08. The van der Waals surface area contributed by atoms with Crippen molar-refractivity contribution in [2.24, 2.45) is 0 Å². The van der Waals surface area contributed by atoms with E-state index in [1.807, 2.05) is 11.6 Å². The van der Waals surface area contributed by atoms with E-state index < -0.39 is 0 Å². The Kier molecular flexibility index (Phi) is 1.77. The second kappa shape index (κ2) is 2.79. The number of H-pyrrole nitrogens is 1. The van der Waals surface area contributed by atoms with E-state index in [9.17, 15) is 4.79 Å². The van der Waals surface area contributed by atoms with E-state index in [1.54, 1.807) is 0 Å². The molecule has 1 aliphatic heterocycles. The first kappa shape index (κ1) is 7.61. The van der Waals surface area contributed by atoms with Gasteiger partial charge in [-0.25, -0.2) is 0 Å². The molecule has 0 spiro atoms. The Morgan fingerprint density at radius 3 is 3.17 bits per heavy atom. The van der Waals surface area contributed by atoms with E-state index in [1.165, 1.54) is 0 Å². The normalized spacial score (nSPS) is 16.1. The highest BCUT2D eigenvalue weighted by Crippen LogP contribution is 2.08. The fourth-order valence-corrected chi connectivity index (χ4v) is 1.70. The smallest absolute Gasteiger partial charge is 0.267 e. The van der Waals surface area contributed by atoms with Gasteiger partial charge in [0.1, 0.15) is 0 Å². The summed E-state index contributed by atoms with van der Waals surface area (Å²) in [6.45, 7) is 4.61. The van der Waals surface area contributed by atoms with Gasteiger partial charge in [-0.3, -0.25) is 14.6 Å². The zero-order valence-electron chi connectivity index (χ0n) is 7.18. The number of fused-ring (bicyclic) bond motifs is 1. The molecule has 66 valence electrons. The van der Waals surface area contributed by atoms with E-state index in [2.05, 4.69) is 10.4 Å². The number of nitrogens with one attached hydrogen (secondary N) is 2. The number of aromatic nitrogens is 2. The van der Waals surface area contributed by atoms with Crippen LogP contribution in [0.3, 0.4) is 0 Å². The Labute approximate surface area is 70.6 Å². The van der Waals surface area contributed by atoms with Gasteiger partial charge in [0.2, 0.25) is 0 Å². The third-order valence-corrected chi connectivity index (χ3v) is 2.35. The van der Waals surface area contributed by atoms with Crippen LogP contribution < -0.4 is 10.9 Å². The number of hydrogen-bond acceptors (Lipinski definition) is 2. The van der Waals surface area contributed by atoms with Crippen molar-refractivity contribution in [3.63, 3.8) is 0 Å². The van der Waals surface area contributed by atoms with Gasteiger partial charge in [-0.2, -0.15) is 0 Å². The van der Waals surface area contributed by atoms with Gasteiger partial charge in [0.15, 0.2) is 0 Å². The molecule has 1 aromatic heterocycles. The van der Waals surface area contributed by atoms with Crippen LogP contribution in [-0.4, -0.2) is 16.3 Å². The second-order valence-electron chi connectivity index (χ2n) is 3.04. The summed E-state index contributed by atoms with van der Waals surface area (Å²) >= 11 is 0. The van der Waals surface area contributed by atoms with Crippen molar-refractivity contribution >= 4 is 0 Å². The van der Waals surface area contributed by atoms with Gasteiger partial charge >= 0.3 is 0 Å². The maximum atomic E-state index is 11.3. The molecular weight excluding hydrogens is 154 g/mol. The minimum atomic E-state index is 0.0911. The first-order valence-corrected chi connectivity index (χ1v) is 4.34. The molecule has 0 radical (unpaired) electrons. The zero-order valence-corrected chi connectivity index (χ0v) is 7.18. The predicted octanol–water partition coefficient (Wildman–Crippen LogP) is -0.158. The SMILES string of the molecule is CCn1[nH]c(=O)c2c1CNCC2. The fourth-order valence-electron chi connectivity index (χ4n) is 1.70. The van der Waals surface area contributed by atoms with E-state index in [4.69, 9.17) is 0 Å². The van der Waals surface area contributed by atoms with Crippen molar-refractivity contribution in [2.75, 3.05) is 6.54 Å². The lowest BCUT2D eigenvalue weighted by molar-refractivity contribution is 0.559. The minimum absolute atomic E-state index is 0.0911. The van der Waals surface area contributed by atoms with Crippen molar-refractivity contribution in [3.05, 3.63) is 21.6 Å². The molecule has 2 rings (SSSR count). The topological polar surface area (TPSA) is 49.8 Å². The van der Waals surface area contributed by atoms with E-state index in [0.29, 0.717) is 0 Å². The molecule has 0 unspecified atom stereocenters.